The number of hydrogen-bond acceptors (Lipinski definition) is 5. The van der Waals surface area contributed by atoms with Crippen LogP contribution in [0.25, 0.3) is 17.3 Å². The zero-order valence-corrected chi connectivity index (χ0v) is 17.3. The Bertz CT molecular complexity index is 1050. The van der Waals surface area contributed by atoms with Crippen LogP contribution in [0.1, 0.15) is 18.9 Å². The minimum atomic E-state index is -0.504. The number of rotatable bonds is 7. The molecule has 0 spiro atoms. The number of hydrogen-bond donors (Lipinski definition) is 1. The maximum atomic E-state index is 12.5. The van der Waals surface area contributed by atoms with Crippen LogP contribution < -0.4 is 10.1 Å². The Balaban J connectivity index is 1.69. The number of benzene rings is 2. The lowest BCUT2D eigenvalue weighted by molar-refractivity contribution is -0.112. The molecule has 29 heavy (non-hydrogen) atoms. The fourth-order valence-electron chi connectivity index (χ4n) is 2.44. The predicted molar refractivity (Wildman–Crippen MR) is 117 cm³/mol. The highest BCUT2D eigenvalue weighted by atomic mass is 35.5. The van der Waals surface area contributed by atoms with Gasteiger partial charge in [-0.2, -0.15) is 5.26 Å². The summed E-state index contributed by atoms with van der Waals surface area (Å²) in [6.07, 6.45) is 2.46. The van der Waals surface area contributed by atoms with E-state index in [1.165, 1.54) is 17.4 Å². The van der Waals surface area contributed by atoms with Gasteiger partial charge in [0.05, 0.1) is 12.3 Å². The molecule has 1 N–H and O–H groups in total. The summed E-state index contributed by atoms with van der Waals surface area (Å²) < 4.78 is 5.53. The minimum absolute atomic E-state index is 0.00419. The van der Waals surface area contributed by atoms with Gasteiger partial charge in [0.25, 0.3) is 5.91 Å². The van der Waals surface area contributed by atoms with Crippen molar-refractivity contribution >= 4 is 40.1 Å². The fraction of sp³-hybridized carbons (Fsp3) is 0.136. The minimum Gasteiger partial charge on any atom is -0.494 e. The summed E-state index contributed by atoms with van der Waals surface area (Å²) >= 11 is 7.19. The number of ether oxygens (including phenoxy) is 1. The van der Waals surface area contributed by atoms with Crippen molar-refractivity contribution in [2.24, 2.45) is 0 Å². The molecule has 3 aromatic rings. The van der Waals surface area contributed by atoms with E-state index in [1.54, 1.807) is 24.3 Å². The van der Waals surface area contributed by atoms with E-state index in [1.807, 2.05) is 42.6 Å². The van der Waals surface area contributed by atoms with Gasteiger partial charge in [-0.3, -0.25) is 10.1 Å². The molecule has 1 amide bonds. The summed E-state index contributed by atoms with van der Waals surface area (Å²) in [6, 6.07) is 16.5. The van der Waals surface area contributed by atoms with E-state index < -0.39 is 5.91 Å². The third kappa shape index (κ3) is 5.67. The number of carbonyl (C=O) groups is 1. The molecule has 0 radical (unpaired) electrons. The van der Waals surface area contributed by atoms with Crippen molar-refractivity contribution in [1.29, 1.82) is 5.26 Å². The molecule has 0 saturated heterocycles. The van der Waals surface area contributed by atoms with Crippen molar-refractivity contribution in [2.75, 3.05) is 11.9 Å². The maximum Gasteiger partial charge on any atom is 0.268 e. The van der Waals surface area contributed by atoms with Gasteiger partial charge >= 0.3 is 0 Å². The van der Waals surface area contributed by atoms with Crippen LogP contribution in [-0.2, 0) is 4.79 Å². The smallest absolute Gasteiger partial charge is 0.268 e. The van der Waals surface area contributed by atoms with Crippen LogP contribution >= 0.6 is 22.9 Å². The highest BCUT2D eigenvalue weighted by Gasteiger charge is 2.12. The number of amides is 1. The van der Waals surface area contributed by atoms with Crippen LogP contribution in [0.3, 0.4) is 0 Å². The SMILES string of the molecule is CCCOc1ccc(C=C(C#N)C(=O)Nc2nc(-c3ccc(Cl)cc3)cs2)cc1. The molecule has 0 fully saturated rings. The first-order chi connectivity index (χ1) is 14.1. The summed E-state index contributed by atoms with van der Waals surface area (Å²) in [4.78, 5) is 16.9. The number of nitrogens with one attached hydrogen (secondary N) is 1. The maximum absolute atomic E-state index is 12.5. The second-order valence-electron chi connectivity index (χ2n) is 6.09. The summed E-state index contributed by atoms with van der Waals surface area (Å²) in [6.45, 7) is 2.68. The van der Waals surface area contributed by atoms with Gasteiger partial charge in [-0.1, -0.05) is 42.8 Å². The molecule has 2 aromatic carbocycles. The van der Waals surface area contributed by atoms with Gasteiger partial charge in [0.1, 0.15) is 17.4 Å². The van der Waals surface area contributed by atoms with Crippen LogP contribution in [0.4, 0.5) is 5.13 Å². The van der Waals surface area contributed by atoms with Gasteiger partial charge < -0.3 is 4.74 Å². The molecule has 5 nitrogen and oxygen atoms in total. The Morgan fingerprint density at radius 3 is 2.62 bits per heavy atom. The highest BCUT2D eigenvalue weighted by molar-refractivity contribution is 7.14. The lowest BCUT2D eigenvalue weighted by Gasteiger charge is -2.04. The molecule has 7 heteroatoms. The normalized spacial score (nSPS) is 11.0. The summed E-state index contributed by atoms with van der Waals surface area (Å²) in [5, 5.41) is 15.0. The summed E-state index contributed by atoms with van der Waals surface area (Å²) in [5.74, 6) is 0.250. The van der Waals surface area contributed by atoms with Crippen molar-refractivity contribution in [3.05, 3.63) is 70.1 Å². The molecule has 0 atom stereocenters. The molecule has 3 rings (SSSR count). The molecule has 146 valence electrons. The molecule has 0 aliphatic rings. The average Bonchev–Trinajstić information content (AvgIpc) is 3.20. The quantitative estimate of drug-likeness (QED) is 0.385. The van der Waals surface area contributed by atoms with E-state index in [2.05, 4.69) is 10.3 Å². The molecule has 0 aliphatic carbocycles. The molecular weight excluding hydrogens is 406 g/mol. The molecular formula is C22H18ClN3O2S. The van der Waals surface area contributed by atoms with E-state index in [0.29, 0.717) is 16.8 Å². The van der Waals surface area contributed by atoms with Crippen LogP contribution in [0.15, 0.2) is 59.5 Å². The topological polar surface area (TPSA) is 75.0 Å². The predicted octanol–water partition coefficient (Wildman–Crippen LogP) is 5.80. The second kappa shape index (κ2) is 9.87. The Kier molecular flexibility index (Phi) is 7.01. The Hall–Kier alpha value is -3.14. The molecule has 0 aliphatic heterocycles. The zero-order chi connectivity index (χ0) is 20.6. The number of aromatic nitrogens is 1. The standard InChI is InChI=1S/C22H18ClN3O2S/c1-2-11-28-19-9-3-15(4-10-19)12-17(13-24)21(27)26-22-25-20(14-29-22)16-5-7-18(23)8-6-16/h3-10,12,14H,2,11H2,1H3,(H,25,26,27). The number of nitrogens with zero attached hydrogens (tertiary/aromatic N) is 2. The number of thiazole rings is 1. The monoisotopic (exact) mass is 423 g/mol. The summed E-state index contributed by atoms with van der Waals surface area (Å²) in [7, 11) is 0. The van der Waals surface area contributed by atoms with Gasteiger partial charge in [0, 0.05) is 16.0 Å². The average molecular weight is 424 g/mol. The third-order valence-electron chi connectivity index (χ3n) is 3.89. The van der Waals surface area contributed by atoms with E-state index >= 15 is 0 Å². The second-order valence-corrected chi connectivity index (χ2v) is 7.38. The van der Waals surface area contributed by atoms with E-state index in [9.17, 15) is 10.1 Å². The van der Waals surface area contributed by atoms with Gasteiger partial charge in [0.15, 0.2) is 5.13 Å². The van der Waals surface area contributed by atoms with Crippen molar-refractivity contribution in [3.63, 3.8) is 0 Å². The van der Waals surface area contributed by atoms with E-state index in [4.69, 9.17) is 16.3 Å². The molecule has 1 aromatic heterocycles. The van der Waals surface area contributed by atoms with Gasteiger partial charge in [-0.25, -0.2) is 4.98 Å². The van der Waals surface area contributed by atoms with Gasteiger partial charge in [-0.05, 0) is 42.3 Å². The van der Waals surface area contributed by atoms with Gasteiger partial charge in [-0.15, -0.1) is 11.3 Å². The number of halogens is 1. The van der Waals surface area contributed by atoms with E-state index in [0.717, 1.165) is 29.0 Å². The van der Waals surface area contributed by atoms with Crippen LogP contribution in [-0.4, -0.2) is 17.5 Å². The molecule has 0 saturated carbocycles. The van der Waals surface area contributed by atoms with Crippen molar-refractivity contribution in [2.45, 2.75) is 13.3 Å². The number of carbonyl (C=O) groups excluding carboxylic acids is 1. The largest absolute Gasteiger partial charge is 0.494 e. The fourth-order valence-corrected chi connectivity index (χ4v) is 3.29. The van der Waals surface area contributed by atoms with Crippen molar-refractivity contribution in [1.82, 2.24) is 4.98 Å². The Labute approximate surface area is 178 Å². The zero-order valence-electron chi connectivity index (χ0n) is 15.7. The highest BCUT2D eigenvalue weighted by Crippen LogP contribution is 2.26. The first-order valence-electron chi connectivity index (χ1n) is 8.96. The van der Waals surface area contributed by atoms with Crippen LogP contribution in [0, 0.1) is 11.3 Å². The first kappa shape index (κ1) is 20.6. The van der Waals surface area contributed by atoms with Gasteiger partial charge in [0.2, 0.25) is 0 Å². The third-order valence-corrected chi connectivity index (χ3v) is 4.90. The Morgan fingerprint density at radius 2 is 1.97 bits per heavy atom. The number of nitriles is 1. The summed E-state index contributed by atoms with van der Waals surface area (Å²) in [5.41, 5.74) is 2.36. The van der Waals surface area contributed by atoms with Crippen LogP contribution in [0.5, 0.6) is 5.75 Å². The molecule has 1 heterocycles. The lowest BCUT2D eigenvalue weighted by Crippen LogP contribution is -2.13. The first-order valence-corrected chi connectivity index (χ1v) is 10.2. The van der Waals surface area contributed by atoms with Crippen molar-refractivity contribution < 1.29 is 9.53 Å². The molecule has 0 bridgehead atoms. The van der Waals surface area contributed by atoms with E-state index in [-0.39, 0.29) is 5.57 Å². The Morgan fingerprint density at radius 1 is 1.24 bits per heavy atom. The lowest BCUT2D eigenvalue weighted by atomic mass is 10.1. The molecule has 0 unspecified atom stereocenters. The van der Waals surface area contributed by atoms with Crippen LogP contribution in [0.2, 0.25) is 5.02 Å². The van der Waals surface area contributed by atoms with Crippen molar-refractivity contribution in [3.8, 4) is 23.1 Å². The number of anilines is 1.